The molecule has 1 fully saturated rings. The van der Waals surface area contributed by atoms with Crippen LogP contribution in [0.3, 0.4) is 0 Å². The standard InChI is InChI=1S/C13H16N2O3S2/c16-6-2-1-3-12-9-13(11-14-10-12)20(17,18)15-4-7-19-8-5-15/h9-11,16H,2,4-8H2. The lowest BCUT2D eigenvalue weighted by Gasteiger charge is -2.25. The van der Waals surface area contributed by atoms with E-state index in [1.54, 1.807) is 11.8 Å². The zero-order valence-electron chi connectivity index (χ0n) is 10.9. The van der Waals surface area contributed by atoms with E-state index in [1.165, 1.54) is 22.8 Å². The topological polar surface area (TPSA) is 70.5 Å². The number of thioether (sulfide) groups is 1. The van der Waals surface area contributed by atoms with Crippen LogP contribution in [0.5, 0.6) is 0 Å². The summed E-state index contributed by atoms with van der Waals surface area (Å²) in [6, 6.07) is 1.54. The summed E-state index contributed by atoms with van der Waals surface area (Å²) >= 11 is 1.76. The van der Waals surface area contributed by atoms with Crippen molar-refractivity contribution in [3.05, 3.63) is 24.0 Å². The first-order chi connectivity index (χ1) is 9.64. The Morgan fingerprint density at radius 1 is 1.35 bits per heavy atom. The summed E-state index contributed by atoms with van der Waals surface area (Å²) in [6.45, 7) is 1.06. The number of aliphatic hydroxyl groups excluding tert-OH is 1. The molecule has 0 saturated carbocycles. The predicted octanol–water partition coefficient (Wildman–Crippen LogP) is 0.553. The molecule has 2 heterocycles. The number of aromatic nitrogens is 1. The van der Waals surface area contributed by atoms with E-state index in [0.717, 1.165) is 11.5 Å². The maximum absolute atomic E-state index is 12.5. The van der Waals surface area contributed by atoms with E-state index in [-0.39, 0.29) is 11.5 Å². The minimum Gasteiger partial charge on any atom is -0.395 e. The lowest BCUT2D eigenvalue weighted by atomic mass is 10.3. The van der Waals surface area contributed by atoms with Gasteiger partial charge in [-0.25, -0.2) is 8.42 Å². The van der Waals surface area contributed by atoms with Crippen molar-refractivity contribution in [1.29, 1.82) is 0 Å². The lowest BCUT2D eigenvalue weighted by molar-refractivity contribution is 0.305. The molecule has 0 amide bonds. The fraction of sp³-hybridized carbons (Fsp3) is 0.462. The average Bonchev–Trinajstić information content (AvgIpc) is 2.49. The summed E-state index contributed by atoms with van der Waals surface area (Å²) in [6.07, 6.45) is 3.24. The third-order valence-corrected chi connectivity index (χ3v) is 5.60. The van der Waals surface area contributed by atoms with Crippen LogP contribution in [0.2, 0.25) is 0 Å². The third-order valence-electron chi connectivity index (χ3n) is 2.79. The smallest absolute Gasteiger partial charge is 0.244 e. The fourth-order valence-corrected chi connectivity index (χ4v) is 4.35. The molecule has 1 aromatic heterocycles. The highest BCUT2D eigenvalue weighted by atomic mass is 32.2. The summed E-state index contributed by atoms with van der Waals surface area (Å²) in [7, 11) is -3.47. The SMILES string of the molecule is O=S(=O)(c1cncc(C#CCCO)c1)N1CCSCC1. The second kappa shape index (κ2) is 7.09. The van der Waals surface area contributed by atoms with Crippen LogP contribution in [0.15, 0.2) is 23.4 Å². The molecule has 0 bridgehead atoms. The Morgan fingerprint density at radius 3 is 2.80 bits per heavy atom. The van der Waals surface area contributed by atoms with Crippen molar-refractivity contribution in [3.8, 4) is 11.8 Å². The van der Waals surface area contributed by atoms with E-state index in [9.17, 15) is 8.42 Å². The Labute approximate surface area is 123 Å². The van der Waals surface area contributed by atoms with Gasteiger partial charge in [0.1, 0.15) is 4.90 Å². The van der Waals surface area contributed by atoms with Crippen molar-refractivity contribution >= 4 is 21.8 Å². The Kier molecular flexibility index (Phi) is 5.43. The van der Waals surface area contributed by atoms with Gasteiger partial charge in [-0.1, -0.05) is 11.8 Å². The monoisotopic (exact) mass is 312 g/mol. The van der Waals surface area contributed by atoms with Crippen LogP contribution in [0, 0.1) is 11.8 Å². The Hall–Kier alpha value is -1.07. The highest BCUT2D eigenvalue weighted by Gasteiger charge is 2.26. The third kappa shape index (κ3) is 3.73. The molecule has 5 nitrogen and oxygen atoms in total. The number of sulfonamides is 1. The van der Waals surface area contributed by atoms with Crippen molar-refractivity contribution in [1.82, 2.24) is 9.29 Å². The van der Waals surface area contributed by atoms with Crippen LogP contribution in [0.25, 0.3) is 0 Å². The highest BCUT2D eigenvalue weighted by Crippen LogP contribution is 2.20. The van der Waals surface area contributed by atoms with E-state index >= 15 is 0 Å². The number of hydrogen-bond donors (Lipinski definition) is 1. The van der Waals surface area contributed by atoms with Crippen molar-refractivity contribution < 1.29 is 13.5 Å². The second-order valence-corrected chi connectivity index (χ2v) is 7.36. The van der Waals surface area contributed by atoms with Crippen LogP contribution in [-0.4, -0.2) is 54.0 Å². The number of rotatable bonds is 3. The molecule has 0 atom stereocenters. The number of hydrogen-bond acceptors (Lipinski definition) is 5. The summed E-state index contributed by atoms with van der Waals surface area (Å²) in [5, 5.41) is 8.68. The summed E-state index contributed by atoms with van der Waals surface area (Å²) in [5.74, 6) is 7.20. The van der Waals surface area contributed by atoms with E-state index in [1.807, 2.05) is 0 Å². The Bertz CT molecular complexity index is 614. The maximum atomic E-state index is 12.5. The van der Waals surface area contributed by atoms with Gasteiger partial charge < -0.3 is 5.11 Å². The molecule has 2 rings (SSSR count). The summed E-state index contributed by atoms with van der Waals surface area (Å²) < 4.78 is 26.4. The van der Waals surface area contributed by atoms with Gasteiger partial charge in [-0.2, -0.15) is 16.1 Å². The van der Waals surface area contributed by atoms with Gasteiger partial charge in [-0.05, 0) is 6.07 Å². The number of pyridine rings is 1. The molecule has 1 saturated heterocycles. The van der Waals surface area contributed by atoms with Gasteiger partial charge in [0.05, 0.1) is 6.61 Å². The molecule has 0 aliphatic carbocycles. The molecule has 1 aliphatic heterocycles. The minimum absolute atomic E-state index is 0.0101. The molecule has 7 heteroatoms. The molecule has 0 aromatic carbocycles. The quantitative estimate of drug-likeness (QED) is 0.826. The largest absolute Gasteiger partial charge is 0.395 e. The zero-order chi connectivity index (χ0) is 14.4. The van der Waals surface area contributed by atoms with Gasteiger partial charge >= 0.3 is 0 Å². The van der Waals surface area contributed by atoms with E-state index in [4.69, 9.17) is 5.11 Å². The first-order valence-corrected chi connectivity index (χ1v) is 8.87. The van der Waals surface area contributed by atoms with Crippen LogP contribution in [0.1, 0.15) is 12.0 Å². The van der Waals surface area contributed by atoms with Crippen LogP contribution in [0.4, 0.5) is 0 Å². The maximum Gasteiger partial charge on any atom is 0.244 e. The summed E-state index contributed by atoms with van der Waals surface area (Å²) in [4.78, 5) is 4.13. The van der Waals surface area contributed by atoms with Crippen LogP contribution < -0.4 is 0 Å². The van der Waals surface area contributed by atoms with Crippen molar-refractivity contribution in [2.45, 2.75) is 11.3 Å². The van der Waals surface area contributed by atoms with Gasteiger partial charge in [-0.3, -0.25) is 4.98 Å². The highest BCUT2D eigenvalue weighted by molar-refractivity contribution is 7.99. The number of nitrogens with zero attached hydrogens (tertiary/aromatic N) is 2. The van der Waals surface area contributed by atoms with Crippen LogP contribution >= 0.6 is 11.8 Å². The van der Waals surface area contributed by atoms with Gasteiger partial charge in [0, 0.05) is 49.0 Å². The molecule has 20 heavy (non-hydrogen) atoms. The average molecular weight is 312 g/mol. The molecular formula is C13H16N2O3S2. The molecule has 0 unspecified atom stereocenters. The molecular weight excluding hydrogens is 296 g/mol. The van der Waals surface area contributed by atoms with Crippen molar-refractivity contribution in [2.24, 2.45) is 0 Å². The predicted molar refractivity (Wildman–Crippen MR) is 78.9 cm³/mol. The second-order valence-electron chi connectivity index (χ2n) is 4.20. The first kappa shape index (κ1) is 15.3. The Balaban J connectivity index is 2.23. The van der Waals surface area contributed by atoms with E-state index < -0.39 is 10.0 Å². The number of aliphatic hydroxyl groups is 1. The lowest BCUT2D eigenvalue weighted by Crippen LogP contribution is -2.37. The van der Waals surface area contributed by atoms with Gasteiger partial charge in [0.2, 0.25) is 10.0 Å². The van der Waals surface area contributed by atoms with Gasteiger partial charge in [0.15, 0.2) is 0 Å². The molecule has 1 aliphatic rings. The van der Waals surface area contributed by atoms with Gasteiger partial charge in [0.25, 0.3) is 0 Å². The van der Waals surface area contributed by atoms with E-state index in [0.29, 0.717) is 25.1 Å². The first-order valence-electron chi connectivity index (χ1n) is 6.27. The minimum atomic E-state index is -3.47. The van der Waals surface area contributed by atoms with E-state index in [2.05, 4.69) is 16.8 Å². The fourth-order valence-electron chi connectivity index (χ4n) is 1.78. The summed E-state index contributed by atoms with van der Waals surface area (Å²) in [5.41, 5.74) is 0.547. The van der Waals surface area contributed by atoms with Crippen LogP contribution in [-0.2, 0) is 10.0 Å². The van der Waals surface area contributed by atoms with Gasteiger partial charge in [-0.15, -0.1) is 0 Å². The molecule has 1 N–H and O–H groups in total. The normalized spacial score (nSPS) is 16.4. The Morgan fingerprint density at radius 2 is 2.10 bits per heavy atom. The molecule has 0 radical (unpaired) electrons. The van der Waals surface area contributed by atoms with Crippen molar-refractivity contribution in [3.63, 3.8) is 0 Å². The zero-order valence-corrected chi connectivity index (χ0v) is 12.6. The van der Waals surface area contributed by atoms with Crippen molar-refractivity contribution in [2.75, 3.05) is 31.2 Å². The molecule has 0 spiro atoms. The molecule has 1 aromatic rings. The molecule has 108 valence electrons.